The predicted octanol–water partition coefficient (Wildman–Crippen LogP) is 4.69. The van der Waals surface area contributed by atoms with E-state index >= 15 is 0 Å². The molecule has 3 heteroatoms. The Labute approximate surface area is 117 Å². The molecule has 1 fully saturated rings. The van der Waals surface area contributed by atoms with E-state index in [2.05, 4.69) is 15.9 Å². The first-order valence-corrected chi connectivity index (χ1v) is 7.75. The zero-order valence-electron chi connectivity index (χ0n) is 10.6. The van der Waals surface area contributed by atoms with E-state index in [9.17, 15) is 4.39 Å². The van der Waals surface area contributed by atoms with Crippen molar-refractivity contribution in [1.82, 2.24) is 0 Å². The first-order valence-electron chi connectivity index (χ1n) is 6.63. The van der Waals surface area contributed by atoms with Crippen molar-refractivity contribution in [3.05, 3.63) is 35.6 Å². The molecule has 1 aromatic rings. The van der Waals surface area contributed by atoms with Gasteiger partial charge in [-0.3, -0.25) is 0 Å². The minimum atomic E-state index is -0.172. The molecule has 18 heavy (non-hydrogen) atoms. The maximum Gasteiger partial charge on any atom is 0.128 e. The Hall–Kier alpha value is -0.410. The Kier molecular flexibility index (Phi) is 5.19. The van der Waals surface area contributed by atoms with Gasteiger partial charge < -0.3 is 4.74 Å². The summed E-state index contributed by atoms with van der Waals surface area (Å²) in [5, 5.41) is 0.983. The molecule has 1 aliphatic carbocycles. The van der Waals surface area contributed by atoms with Crippen molar-refractivity contribution in [2.24, 2.45) is 5.41 Å². The second kappa shape index (κ2) is 6.67. The van der Waals surface area contributed by atoms with Gasteiger partial charge in [0.15, 0.2) is 0 Å². The van der Waals surface area contributed by atoms with E-state index < -0.39 is 0 Å². The van der Waals surface area contributed by atoms with Gasteiger partial charge >= 0.3 is 0 Å². The van der Waals surface area contributed by atoms with Crippen LogP contribution in [0.4, 0.5) is 4.39 Å². The van der Waals surface area contributed by atoms with Gasteiger partial charge in [0, 0.05) is 16.3 Å². The van der Waals surface area contributed by atoms with Crippen molar-refractivity contribution in [2.45, 2.75) is 38.7 Å². The van der Waals surface area contributed by atoms with E-state index in [4.69, 9.17) is 4.74 Å². The van der Waals surface area contributed by atoms with Crippen molar-refractivity contribution in [3.8, 4) is 0 Å². The van der Waals surface area contributed by atoms with Crippen LogP contribution in [0.5, 0.6) is 0 Å². The molecule has 1 nitrogen and oxygen atoms in total. The maximum atomic E-state index is 13.4. The Balaban J connectivity index is 1.85. The Bertz CT molecular complexity index is 375. The van der Waals surface area contributed by atoms with E-state index in [1.165, 1.54) is 38.2 Å². The van der Waals surface area contributed by atoms with Crippen molar-refractivity contribution in [2.75, 3.05) is 11.9 Å². The smallest absolute Gasteiger partial charge is 0.128 e. The number of hydrogen-bond donors (Lipinski definition) is 0. The summed E-state index contributed by atoms with van der Waals surface area (Å²) < 4.78 is 19.2. The highest BCUT2D eigenvalue weighted by Gasteiger charge is 2.31. The molecule has 0 saturated heterocycles. The van der Waals surface area contributed by atoms with Crippen LogP contribution in [0.3, 0.4) is 0 Å². The fourth-order valence-electron chi connectivity index (χ4n) is 2.61. The molecule has 1 aromatic carbocycles. The van der Waals surface area contributed by atoms with Gasteiger partial charge in [-0.05, 0) is 18.9 Å². The Morgan fingerprint density at radius 2 is 1.89 bits per heavy atom. The van der Waals surface area contributed by atoms with Gasteiger partial charge in [-0.15, -0.1) is 0 Å². The molecule has 1 saturated carbocycles. The van der Waals surface area contributed by atoms with Crippen LogP contribution in [0.25, 0.3) is 0 Å². The third-order valence-electron chi connectivity index (χ3n) is 3.82. The fraction of sp³-hybridized carbons (Fsp3) is 0.600. The highest BCUT2D eigenvalue weighted by atomic mass is 79.9. The number of benzene rings is 1. The van der Waals surface area contributed by atoms with Gasteiger partial charge in [0.05, 0.1) is 13.2 Å². The molecule has 0 amide bonds. The van der Waals surface area contributed by atoms with Gasteiger partial charge in [0.1, 0.15) is 5.82 Å². The second-order valence-corrected chi connectivity index (χ2v) is 5.84. The number of hydrogen-bond acceptors (Lipinski definition) is 1. The zero-order chi connectivity index (χ0) is 12.8. The van der Waals surface area contributed by atoms with E-state index in [0.717, 1.165) is 11.9 Å². The Morgan fingerprint density at radius 1 is 1.17 bits per heavy atom. The maximum absolute atomic E-state index is 13.4. The second-order valence-electron chi connectivity index (χ2n) is 5.28. The molecule has 0 spiro atoms. The number of alkyl halides is 1. The van der Waals surface area contributed by atoms with Gasteiger partial charge in [0.25, 0.3) is 0 Å². The summed E-state index contributed by atoms with van der Waals surface area (Å²) in [5.74, 6) is -0.172. The quantitative estimate of drug-likeness (QED) is 0.716. The van der Waals surface area contributed by atoms with Crippen molar-refractivity contribution >= 4 is 15.9 Å². The molecule has 0 unspecified atom stereocenters. The van der Waals surface area contributed by atoms with Crippen LogP contribution in [0, 0.1) is 11.2 Å². The molecule has 2 rings (SSSR count). The van der Waals surface area contributed by atoms with E-state index in [-0.39, 0.29) is 11.2 Å². The molecule has 0 radical (unpaired) electrons. The number of halogens is 2. The Morgan fingerprint density at radius 3 is 2.56 bits per heavy atom. The summed E-state index contributed by atoms with van der Waals surface area (Å²) in [6, 6.07) is 6.83. The van der Waals surface area contributed by atoms with Crippen molar-refractivity contribution < 1.29 is 9.13 Å². The summed E-state index contributed by atoms with van der Waals surface area (Å²) in [6.45, 7) is 1.11. The summed E-state index contributed by atoms with van der Waals surface area (Å²) in [5.41, 5.74) is 0.918. The summed E-state index contributed by atoms with van der Waals surface area (Å²) >= 11 is 3.61. The minimum Gasteiger partial charge on any atom is -0.376 e. The fourth-order valence-corrected chi connectivity index (χ4v) is 3.33. The standard InChI is InChI=1S/C15H20BrFO/c16-11-15(8-4-1-5-9-15)12-18-10-13-6-2-3-7-14(13)17/h2-3,6-7H,1,4-5,8-12H2. The molecule has 1 aliphatic rings. The van der Waals surface area contributed by atoms with Crippen LogP contribution in [-0.2, 0) is 11.3 Å². The molecule has 0 aliphatic heterocycles. The van der Waals surface area contributed by atoms with Crippen LogP contribution in [0.2, 0.25) is 0 Å². The number of rotatable bonds is 5. The zero-order valence-corrected chi connectivity index (χ0v) is 12.2. The van der Waals surface area contributed by atoms with Crippen LogP contribution >= 0.6 is 15.9 Å². The van der Waals surface area contributed by atoms with Crippen LogP contribution in [0.1, 0.15) is 37.7 Å². The molecule has 0 bridgehead atoms. The average Bonchev–Trinajstić information content (AvgIpc) is 2.42. The van der Waals surface area contributed by atoms with Gasteiger partial charge in [-0.25, -0.2) is 4.39 Å². The lowest BCUT2D eigenvalue weighted by Crippen LogP contribution is -2.31. The van der Waals surface area contributed by atoms with Crippen LogP contribution in [-0.4, -0.2) is 11.9 Å². The van der Waals surface area contributed by atoms with Crippen LogP contribution in [0.15, 0.2) is 24.3 Å². The lowest BCUT2D eigenvalue weighted by atomic mass is 9.76. The summed E-state index contributed by atoms with van der Waals surface area (Å²) in [7, 11) is 0. The topological polar surface area (TPSA) is 9.23 Å². The van der Waals surface area contributed by atoms with Crippen molar-refractivity contribution in [3.63, 3.8) is 0 Å². The minimum absolute atomic E-state index is 0.172. The van der Waals surface area contributed by atoms with Gasteiger partial charge in [0.2, 0.25) is 0 Å². The summed E-state index contributed by atoms with van der Waals surface area (Å²) in [6.07, 6.45) is 6.34. The average molecular weight is 315 g/mol. The molecule has 100 valence electrons. The third kappa shape index (κ3) is 3.55. The third-order valence-corrected chi connectivity index (χ3v) is 5.01. The molecule has 0 atom stereocenters. The number of ether oxygens (including phenoxy) is 1. The molecule has 0 heterocycles. The molecule has 0 aromatic heterocycles. The van der Waals surface area contributed by atoms with Crippen molar-refractivity contribution in [1.29, 1.82) is 0 Å². The lowest BCUT2D eigenvalue weighted by Gasteiger charge is -2.35. The first kappa shape index (κ1) is 14.0. The highest BCUT2D eigenvalue weighted by Crippen LogP contribution is 2.38. The van der Waals surface area contributed by atoms with E-state index in [0.29, 0.717) is 12.2 Å². The van der Waals surface area contributed by atoms with Gasteiger partial charge in [-0.1, -0.05) is 53.4 Å². The summed E-state index contributed by atoms with van der Waals surface area (Å²) in [4.78, 5) is 0. The molecular formula is C15H20BrFO. The highest BCUT2D eigenvalue weighted by molar-refractivity contribution is 9.09. The lowest BCUT2D eigenvalue weighted by molar-refractivity contribution is 0.0245. The predicted molar refractivity (Wildman–Crippen MR) is 75.4 cm³/mol. The van der Waals surface area contributed by atoms with E-state index in [1.807, 2.05) is 6.07 Å². The molecule has 0 N–H and O–H groups in total. The normalized spacial score (nSPS) is 18.8. The first-order chi connectivity index (χ1) is 8.76. The monoisotopic (exact) mass is 314 g/mol. The van der Waals surface area contributed by atoms with Gasteiger partial charge in [-0.2, -0.15) is 0 Å². The van der Waals surface area contributed by atoms with Crippen LogP contribution < -0.4 is 0 Å². The SMILES string of the molecule is Fc1ccccc1COCC1(CBr)CCCCC1. The van der Waals surface area contributed by atoms with E-state index in [1.54, 1.807) is 12.1 Å². The molecular weight excluding hydrogens is 295 g/mol. The largest absolute Gasteiger partial charge is 0.376 e.